The Morgan fingerprint density at radius 1 is 0.947 bits per heavy atom. The molecule has 0 saturated heterocycles. The normalized spacial score (nSPS) is 12.4. The van der Waals surface area contributed by atoms with Crippen LogP contribution in [0.1, 0.15) is 36.0 Å². The maximum absolute atomic E-state index is 13.8. The highest BCUT2D eigenvalue weighted by molar-refractivity contribution is 6.00. The van der Waals surface area contributed by atoms with E-state index in [-0.39, 0.29) is 11.5 Å². The predicted octanol–water partition coefficient (Wildman–Crippen LogP) is 5.71. The number of ether oxygens (including phenoxy) is 1. The maximum atomic E-state index is 13.8. The Kier molecular flexibility index (Phi) is 8.81. The Balaban J connectivity index is 1.63. The highest BCUT2D eigenvalue weighted by Gasteiger charge is 2.31. The molecule has 4 rings (SSSR count). The van der Waals surface area contributed by atoms with Gasteiger partial charge in [0, 0.05) is 18.4 Å². The number of nitrogens with one attached hydrogen (secondary N) is 2. The van der Waals surface area contributed by atoms with Crippen LogP contribution in [0.4, 0.5) is 13.2 Å². The minimum absolute atomic E-state index is 0.190. The zero-order valence-electron chi connectivity index (χ0n) is 20.7. The average molecular weight is 523 g/mol. The van der Waals surface area contributed by atoms with Crippen LogP contribution in [0.3, 0.4) is 0 Å². The summed E-state index contributed by atoms with van der Waals surface area (Å²) in [4.78, 5) is 10.8. The standard InChI is InChI=1S/C29H29F3N4O2/c30-29(31,32)18-25(20-5-2-1-3-6-20)28(22-10-13-26-23(17-22)19-35-36-26)21-8-11-24(12-9-21)38-16-15-34-14-4-7-27(33)37/h1-3,5-6,8-13,17,19,34H,4,7,14-16,18H2,(H2,33,37)(H,35,36). The Labute approximate surface area is 218 Å². The molecule has 0 radical (unpaired) electrons. The molecule has 0 spiro atoms. The van der Waals surface area contributed by atoms with Gasteiger partial charge in [-0.15, -0.1) is 0 Å². The van der Waals surface area contributed by atoms with E-state index >= 15 is 0 Å². The van der Waals surface area contributed by atoms with Crippen LogP contribution in [-0.2, 0) is 4.79 Å². The molecule has 4 N–H and O–H groups in total. The molecule has 0 aliphatic rings. The lowest BCUT2D eigenvalue weighted by molar-refractivity contribution is -0.123. The SMILES string of the molecule is NC(=O)CCCNCCOc1ccc(C(=C(CC(F)(F)F)c2ccccc2)c2ccc3[nH]ncc3c2)cc1. The number of aromatic nitrogens is 2. The molecule has 6 nitrogen and oxygen atoms in total. The largest absolute Gasteiger partial charge is 0.492 e. The first-order valence-electron chi connectivity index (χ1n) is 12.3. The number of fused-ring (bicyclic) bond motifs is 1. The van der Waals surface area contributed by atoms with Crippen molar-refractivity contribution in [3.63, 3.8) is 0 Å². The van der Waals surface area contributed by atoms with Crippen molar-refractivity contribution in [2.45, 2.75) is 25.4 Å². The van der Waals surface area contributed by atoms with Crippen molar-refractivity contribution in [3.8, 4) is 5.75 Å². The van der Waals surface area contributed by atoms with Gasteiger partial charge in [0.05, 0.1) is 18.1 Å². The molecule has 0 aliphatic carbocycles. The number of H-pyrrole nitrogens is 1. The van der Waals surface area contributed by atoms with E-state index in [0.717, 1.165) is 10.9 Å². The van der Waals surface area contributed by atoms with E-state index in [1.807, 2.05) is 18.2 Å². The monoisotopic (exact) mass is 522 g/mol. The van der Waals surface area contributed by atoms with Crippen molar-refractivity contribution in [2.75, 3.05) is 19.7 Å². The molecule has 0 fully saturated rings. The number of hydrogen-bond acceptors (Lipinski definition) is 4. The molecule has 3 aromatic carbocycles. The van der Waals surface area contributed by atoms with Gasteiger partial charge in [-0.2, -0.15) is 18.3 Å². The van der Waals surface area contributed by atoms with Crippen LogP contribution >= 0.6 is 0 Å². The van der Waals surface area contributed by atoms with Gasteiger partial charge in [0.25, 0.3) is 0 Å². The van der Waals surface area contributed by atoms with Crippen molar-refractivity contribution in [3.05, 3.63) is 95.7 Å². The third-order valence-corrected chi connectivity index (χ3v) is 6.00. The Bertz CT molecular complexity index is 1380. The number of primary amides is 1. The first-order valence-corrected chi connectivity index (χ1v) is 12.3. The molecule has 4 aromatic rings. The van der Waals surface area contributed by atoms with Crippen molar-refractivity contribution in [1.29, 1.82) is 0 Å². The van der Waals surface area contributed by atoms with E-state index in [1.165, 1.54) is 0 Å². The van der Waals surface area contributed by atoms with Crippen LogP contribution in [0.15, 0.2) is 79.0 Å². The number of nitrogens with zero attached hydrogens (tertiary/aromatic N) is 1. The lowest BCUT2D eigenvalue weighted by Gasteiger charge is -2.19. The number of benzene rings is 3. The van der Waals surface area contributed by atoms with E-state index in [9.17, 15) is 18.0 Å². The summed E-state index contributed by atoms with van der Waals surface area (Å²) in [6, 6.07) is 21.2. The highest BCUT2D eigenvalue weighted by Crippen LogP contribution is 2.40. The maximum Gasteiger partial charge on any atom is 0.393 e. The number of allylic oxidation sites excluding steroid dienone is 1. The fourth-order valence-electron chi connectivity index (χ4n) is 4.26. The number of hydrogen-bond donors (Lipinski definition) is 3. The summed E-state index contributed by atoms with van der Waals surface area (Å²) in [5.41, 5.74) is 8.44. The molecule has 1 amide bonds. The molecule has 9 heteroatoms. The van der Waals surface area contributed by atoms with Gasteiger partial charge in [0.1, 0.15) is 12.4 Å². The van der Waals surface area contributed by atoms with Crippen molar-refractivity contribution >= 4 is 28.0 Å². The lowest BCUT2D eigenvalue weighted by atomic mass is 9.87. The first kappa shape index (κ1) is 26.9. The first-order chi connectivity index (χ1) is 18.3. The highest BCUT2D eigenvalue weighted by atomic mass is 19.4. The molecule has 0 bridgehead atoms. The van der Waals surface area contributed by atoms with Gasteiger partial charge in [-0.3, -0.25) is 9.89 Å². The minimum Gasteiger partial charge on any atom is -0.492 e. The number of carbonyl (C=O) groups is 1. The third kappa shape index (κ3) is 7.45. The fourth-order valence-corrected chi connectivity index (χ4v) is 4.26. The molecular formula is C29H29F3N4O2. The van der Waals surface area contributed by atoms with Crippen LogP contribution in [0.25, 0.3) is 22.0 Å². The Morgan fingerprint density at radius 3 is 2.39 bits per heavy atom. The number of nitrogens with two attached hydrogens (primary N) is 1. The van der Waals surface area contributed by atoms with E-state index in [0.29, 0.717) is 60.6 Å². The number of alkyl halides is 3. The van der Waals surface area contributed by atoms with Gasteiger partial charge < -0.3 is 15.8 Å². The molecule has 1 heterocycles. The smallest absolute Gasteiger partial charge is 0.393 e. The zero-order chi connectivity index (χ0) is 27.0. The van der Waals surface area contributed by atoms with E-state index < -0.39 is 12.6 Å². The van der Waals surface area contributed by atoms with Gasteiger partial charge >= 0.3 is 6.18 Å². The molecule has 0 aliphatic heterocycles. The Morgan fingerprint density at radius 2 is 1.68 bits per heavy atom. The van der Waals surface area contributed by atoms with Crippen molar-refractivity contribution < 1.29 is 22.7 Å². The number of amides is 1. The van der Waals surface area contributed by atoms with Gasteiger partial charge in [-0.25, -0.2) is 0 Å². The number of aromatic amines is 1. The summed E-state index contributed by atoms with van der Waals surface area (Å²) < 4.78 is 47.3. The molecule has 198 valence electrons. The van der Waals surface area contributed by atoms with E-state index in [1.54, 1.807) is 60.8 Å². The van der Waals surface area contributed by atoms with Gasteiger partial charge in [0.15, 0.2) is 0 Å². The van der Waals surface area contributed by atoms with Gasteiger partial charge in [0.2, 0.25) is 5.91 Å². The number of halogens is 3. The molecule has 38 heavy (non-hydrogen) atoms. The molecule has 0 unspecified atom stereocenters. The average Bonchev–Trinajstić information content (AvgIpc) is 3.36. The van der Waals surface area contributed by atoms with Crippen molar-refractivity contribution in [1.82, 2.24) is 15.5 Å². The summed E-state index contributed by atoms with van der Waals surface area (Å²) in [6.07, 6.45) is -2.83. The van der Waals surface area contributed by atoms with Gasteiger partial charge in [-0.1, -0.05) is 48.5 Å². The van der Waals surface area contributed by atoms with Crippen LogP contribution in [-0.4, -0.2) is 42.0 Å². The summed E-state index contributed by atoms with van der Waals surface area (Å²) in [6.45, 7) is 1.64. The second-order valence-electron chi connectivity index (χ2n) is 8.88. The van der Waals surface area contributed by atoms with Crippen molar-refractivity contribution in [2.24, 2.45) is 5.73 Å². The van der Waals surface area contributed by atoms with E-state index in [4.69, 9.17) is 10.5 Å². The summed E-state index contributed by atoms with van der Waals surface area (Å²) in [7, 11) is 0. The number of carbonyl (C=O) groups excluding carboxylic acids is 1. The third-order valence-electron chi connectivity index (χ3n) is 6.00. The fraction of sp³-hybridized carbons (Fsp3) is 0.241. The van der Waals surface area contributed by atoms with E-state index in [2.05, 4.69) is 15.5 Å². The van der Waals surface area contributed by atoms with Crippen LogP contribution in [0.5, 0.6) is 5.75 Å². The Hall–Kier alpha value is -4.11. The quantitative estimate of drug-likeness (QED) is 0.164. The summed E-state index contributed by atoms with van der Waals surface area (Å²) >= 11 is 0. The zero-order valence-corrected chi connectivity index (χ0v) is 20.7. The molecular weight excluding hydrogens is 493 g/mol. The second-order valence-corrected chi connectivity index (χ2v) is 8.88. The minimum atomic E-state index is -4.40. The topological polar surface area (TPSA) is 93.0 Å². The van der Waals surface area contributed by atoms with Crippen LogP contribution in [0, 0.1) is 0 Å². The predicted molar refractivity (Wildman–Crippen MR) is 142 cm³/mol. The lowest BCUT2D eigenvalue weighted by Crippen LogP contribution is -2.23. The molecule has 0 saturated carbocycles. The van der Waals surface area contributed by atoms with Crippen LogP contribution < -0.4 is 15.8 Å². The van der Waals surface area contributed by atoms with Gasteiger partial charge in [-0.05, 0) is 65.1 Å². The molecule has 1 aromatic heterocycles. The molecule has 0 atom stereocenters. The summed E-state index contributed by atoms with van der Waals surface area (Å²) in [5, 5.41) is 10.9. The van der Waals surface area contributed by atoms with Crippen LogP contribution in [0.2, 0.25) is 0 Å². The number of rotatable bonds is 12. The second kappa shape index (κ2) is 12.4. The summed E-state index contributed by atoms with van der Waals surface area (Å²) in [5.74, 6) is 0.279.